The van der Waals surface area contributed by atoms with Crippen LogP contribution in [0.25, 0.3) is 0 Å². The Kier molecular flexibility index (Phi) is 8.95. The van der Waals surface area contributed by atoms with Gasteiger partial charge >= 0.3 is 6.09 Å². The topological polar surface area (TPSA) is 95.1 Å². The van der Waals surface area contributed by atoms with Crippen molar-refractivity contribution in [3.8, 4) is 0 Å². The fraction of sp³-hybridized carbons (Fsp3) is 0.591. The molecule has 0 spiro atoms. The van der Waals surface area contributed by atoms with Crippen molar-refractivity contribution >= 4 is 23.6 Å². The molecule has 0 aromatic heterocycles. The second-order valence-electron chi connectivity index (χ2n) is 8.18. The van der Waals surface area contributed by atoms with Crippen LogP contribution in [0.15, 0.2) is 29.3 Å². The fourth-order valence-electron chi connectivity index (χ4n) is 3.17. The Labute approximate surface area is 179 Å². The van der Waals surface area contributed by atoms with Gasteiger partial charge in [0.1, 0.15) is 12.1 Å². The molecule has 30 heavy (non-hydrogen) atoms. The van der Waals surface area contributed by atoms with E-state index in [0.717, 1.165) is 25.1 Å². The third-order valence-electron chi connectivity index (χ3n) is 4.44. The maximum atomic E-state index is 12.7. The van der Waals surface area contributed by atoms with Crippen LogP contribution in [-0.2, 0) is 16.0 Å². The molecule has 1 aliphatic rings. The summed E-state index contributed by atoms with van der Waals surface area (Å²) in [4.78, 5) is 30.6. The van der Waals surface area contributed by atoms with Gasteiger partial charge in [0, 0.05) is 31.9 Å². The Balaban J connectivity index is 1.79. The minimum absolute atomic E-state index is 0.00838. The van der Waals surface area contributed by atoms with Crippen LogP contribution in [0.3, 0.4) is 0 Å². The van der Waals surface area contributed by atoms with Crippen molar-refractivity contribution in [1.29, 1.82) is 0 Å². The number of rotatable bonds is 7. The number of carbonyl (C=O) groups excluding carboxylic acids is 2. The molecule has 0 aliphatic carbocycles. The molecule has 3 N–H and O–H groups in total. The highest BCUT2D eigenvalue weighted by molar-refractivity contribution is 5.97. The summed E-state index contributed by atoms with van der Waals surface area (Å²) in [6.07, 6.45) is 2.26. The van der Waals surface area contributed by atoms with Gasteiger partial charge in [-0.3, -0.25) is 4.79 Å². The number of para-hydroxylation sites is 1. The highest BCUT2D eigenvalue weighted by Crippen LogP contribution is 2.26. The number of hydrogen-bond acceptors (Lipinski definition) is 4. The average molecular weight is 418 g/mol. The lowest BCUT2D eigenvalue weighted by Gasteiger charge is -2.29. The van der Waals surface area contributed by atoms with Crippen LogP contribution in [0.1, 0.15) is 46.1 Å². The number of ether oxygens (including phenoxy) is 1. The third kappa shape index (κ3) is 7.93. The molecule has 0 unspecified atom stereocenters. The number of amides is 2. The molecule has 1 aliphatic heterocycles. The molecule has 0 bridgehead atoms. The van der Waals surface area contributed by atoms with Gasteiger partial charge in [-0.05, 0) is 58.6 Å². The van der Waals surface area contributed by atoms with Crippen molar-refractivity contribution in [2.75, 3.05) is 37.6 Å². The quantitative estimate of drug-likeness (QED) is 0.360. The van der Waals surface area contributed by atoms with Crippen LogP contribution in [0.2, 0.25) is 0 Å². The number of benzene rings is 1. The maximum absolute atomic E-state index is 12.7. The molecule has 1 aromatic carbocycles. The zero-order chi connectivity index (χ0) is 22.0. The van der Waals surface area contributed by atoms with Gasteiger partial charge in [-0.1, -0.05) is 18.2 Å². The van der Waals surface area contributed by atoms with Crippen LogP contribution in [0.5, 0.6) is 0 Å². The second kappa shape index (κ2) is 11.4. The molecule has 166 valence electrons. The summed E-state index contributed by atoms with van der Waals surface area (Å²) in [6.45, 7) is 10.1. The summed E-state index contributed by atoms with van der Waals surface area (Å²) < 4.78 is 5.20. The summed E-state index contributed by atoms with van der Waals surface area (Å²) in [6, 6.07) is 8.05. The van der Waals surface area contributed by atoms with E-state index in [-0.39, 0.29) is 12.5 Å². The van der Waals surface area contributed by atoms with Crippen molar-refractivity contribution in [1.82, 2.24) is 16.0 Å². The van der Waals surface area contributed by atoms with Crippen molar-refractivity contribution in [2.45, 2.75) is 52.6 Å². The van der Waals surface area contributed by atoms with Gasteiger partial charge in [-0.25, -0.2) is 9.79 Å². The molecule has 1 heterocycles. The van der Waals surface area contributed by atoms with E-state index in [4.69, 9.17) is 4.74 Å². The van der Waals surface area contributed by atoms with E-state index in [1.54, 1.807) is 0 Å². The zero-order valence-electron chi connectivity index (χ0n) is 18.6. The minimum atomic E-state index is -0.505. The summed E-state index contributed by atoms with van der Waals surface area (Å²) >= 11 is 0. The van der Waals surface area contributed by atoms with E-state index in [1.807, 2.05) is 50.8 Å². The predicted octanol–water partition coefficient (Wildman–Crippen LogP) is 2.44. The van der Waals surface area contributed by atoms with Crippen molar-refractivity contribution in [3.05, 3.63) is 29.8 Å². The largest absolute Gasteiger partial charge is 0.444 e. The number of fused-ring (bicyclic) bond motifs is 1. The molecule has 2 rings (SSSR count). The summed E-state index contributed by atoms with van der Waals surface area (Å²) in [5, 5.41) is 9.07. The van der Waals surface area contributed by atoms with Gasteiger partial charge in [0.25, 0.3) is 0 Å². The predicted molar refractivity (Wildman–Crippen MR) is 120 cm³/mol. The highest BCUT2D eigenvalue weighted by atomic mass is 16.6. The van der Waals surface area contributed by atoms with Crippen molar-refractivity contribution in [3.63, 3.8) is 0 Å². The van der Waals surface area contributed by atoms with Crippen LogP contribution >= 0.6 is 0 Å². The Hall–Kier alpha value is -2.77. The SMILES string of the molecule is CCNC(=NCC(=O)N1CCCc2ccccc21)NCCCNC(=O)OC(C)(C)C. The normalized spacial score (nSPS) is 14.0. The lowest BCUT2D eigenvalue weighted by Crippen LogP contribution is -2.41. The number of hydrogen-bond donors (Lipinski definition) is 3. The number of anilines is 1. The molecule has 0 saturated carbocycles. The van der Waals surface area contributed by atoms with Gasteiger partial charge in [0.05, 0.1) is 0 Å². The van der Waals surface area contributed by atoms with Crippen molar-refractivity contribution in [2.24, 2.45) is 4.99 Å². The Morgan fingerprint density at radius 1 is 1.13 bits per heavy atom. The molecular formula is C22H35N5O3. The smallest absolute Gasteiger partial charge is 0.407 e. The molecular weight excluding hydrogens is 382 g/mol. The first-order valence-corrected chi connectivity index (χ1v) is 10.7. The number of nitrogens with zero attached hydrogens (tertiary/aromatic N) is 2. The fourth-order valence-corrected chi connectivity index (χ4v) is 3.17. The summed E-state index contributed by atoms with van der Waals surface area (Å²) in [7, 11) is 0. The van der Waals surface area contributed by atoms with Gasteiger partial charge in [-0.15, -0.1) is 0 Å². The monoisotopic (exact) mass is 417 g/mol. The Morgan fingerprint density at radius 2 is 1.87 bits per heavy atom. The van der Waals surface area contributed by atoms with Gasteiger partial charge in [0.2, 0.25) is 5.91 Å². The number of guanidine groups is 1. The van der Waals surface area contributed by atoms with E-state index in [2.05, 4.69) is 27.0 Å². The number of alkyl carbamates (subject to hydrolysis) is 1. The first-order chi connectivity index (χ1) is 14.3. The number of aryl methyl sites for hydroxylation is 1. The zero-order valence-corrected chi connectivity index (χ0v) is 18.6. The van der Waals surface area contributed by atoms with Crippen LogP contribution in [0.4, 0.5) is 10.5 Å². The van der Waals surface area contributed by atoms with E-state index in [1.165, 1.54) is 5.56 Å². The van der Waals surface area contributed by atoms with Crippen LogP contribution < -0.4 is 20.9 Å². The molecule has 0 atom stereocenters. The summed E-state index contributed by atoms with van der Waals surface area (Å²) in [5.41, 5.74) is 1.70. The van der Waals surface area contributed by atoms with Crippen LogP contribution in [0, 0.1) is 0 Å². The molecule has 0 fully saturated rings. The lowest BCUT2D eigenvalue weighted by atomic mass is 10.0. The maximum Gasteiger partial charge on any atom is 0.407 e. The van der Waals surface area contributed by atoms with E-state index in [9.17, 15) is 9.59 Å². The Bertz CT molecular complexity index is 743. The lowest BCUT2D eigenvalue weighted by molar-refractivity contribution is -0.117. The average Bonchev–Trinajstić information content (AvgIpc) is 2.69. The molecule has 8 heteroatoms. The first kappa shape index (κ1) is 23.5. The number of aliphatic imine (C=N–C) groups is 1. The number of carbonyl (C=O) groups is 2. The number of nitrogens with one attached hydrogen (secondary N) is 3. The molecule has 0 saturated heterocycles. The third-order valence-corrected chi connectivity index (χ3v) is 4.44. The van der Waals surface area contributed by atoms with E-state index >= 15 is 0 Å². The highest BCUT2D eigenvalue weighted by Gasteiger charge is 2.21. The van der Waals surface area contributed by atoms with Crippen LogP contribution in [-0.4, -0.2) is 56.3 Å². The van der Waals surface area contributed by atoms with E-state index in [0.29, 0.717) is 32.0 Å². The van der Waals surface area contributed by atoms with E-state index < -0.39 is 11.7 Å². The molecule has 2 amide bonds. The minimum Gasteiger partial charge on any atom is -0.444 e. The van der Waals surface area contributed by atoms with Gasteiger partial charge in [0.15, 0.2) is 5.96 Å². The van der Waals surface area contributed by atoms with Crippen molar-refractivity contribution < 1.29 is 14.3 Å². The Morgan fingerprint density at radius 3 is 2.60 bits per heavy atom. The second-order valence-corrected chi connectivity index (χ2v) is 8.18. The van der Waals surface area contributed by atoms with Gasteiger partial charge in [-0.2, -0.15) is 0 Å². The molecule has 0 radical (unpaired) electrons. The summed E-state index contributed by atoms with van der Waals surface area (Å²) in [5.74, 6) is 0.583. The standard InChI is InChI=1S/C22H35N5O3/c1-5-23-20(24-13-9-14-25-21(29)30-22(2,3)4)26-16-19(28)27-15-8-11-17-10-6-7-12-18(17)27/h6-7,10,12H,5,8-9,11,13-16H2,1-4H3,(H,25,29)(H2,23,24,26). The molecule has 1 aromatic rings. The first-order valence-electron chi connectivity index (χ1n) is 10.7. The van der Waals surface area contributed by atoms with Gasteiger partial charge < -0.3 is 25.6 Å². The molecule has 8 nitrogen and oxygen atoms in total.